The van der Waals surface area contributed by atoms with Gasteiger partial charge in [0.2, 0.25) is 0 Å². The van der Waals surface area contributed by atoms with E-state index in [0.29, 0.717) is 5.75 Å². The summed E-state index contributed by atoms with van der Waals surface area (Å²) in [5, 5.41) is 8.55. The zero-order chi connectivity index (χ0) is 13.8. The van der Waals surface area contributed by atoms with Crippen molar-refractivity contribution in [2.75, 3.05) is 6.61 Å². The van der Waals surface area contributed by atoms with Gasteiger partial charge in [-0.15, -0.1) is 0 Å². The van der Waals surface area contributed by atoms with E-state index in [9.17, 15) is 4.79 Å². The molecule has 1 aromatic rings. The summed E-state index contributed by atoms with van der Waals surface area (Å²) >= 11 is 3.46. The normalized spacial score (nSPS) is 11.3. The monoisotopic (exact) mass is 314 g/mol. The molecule has 0 aliphatic heterocycles. The first kappa shape index (κ1) is 15.0. The highest BCUT2D eigenvalue weighted by atomic mass is 79.9. The molecule has 0 amide bonds. The van der Waals surface area contributed by atoms with Crippen LogP contribution in [0.1, 0.15) is 39.2 Å². The first-order valence-corrected chi connectivity index (χ1v) is 6.80. The Kier molecular flexibility index (Phi) is 5.20. The van der Waals surface area contributed by atoms with Crippen LogP contribution in [0.4, 0.5) is 0 Å². The minimum Gasteiger partial charge on any atom is -0.492 e. The van der Waals surface area contributed by atoms with Gasteiger partial charge in [0.15, 0.2) is 0 Å². The Morgan fingerprint density at radius 2 is 2.11 bits per heavy atom. The number of hydrogen-bond acceptors (Lipinski definition) is 2. The van der Waals surface area contributed by atoms with Gasteiger partial charge >= 0.3 is 5.97 Å². The second-order valence-electron chi connectivity index (χ2n) is 4.87. The number of hydrogen-bond donors (Lipinski definition) is 1. The molecular weight excluding hydrogens is 296 g/mol. The van der Waals surface area contributed by atoms with E-state index in [-0.39, 0.29) is 18.4 Å². The van der Waals surface area contributed by atoms with Crippen LogP contribution in [-0.2, 0) is 10.2 Å². The average molecular weight is 315 g/mol. The predicted octanol–water partition coefficient (Wildman–Crippen LogP) is 3.99. The number of halogens is 1. The zero-order valence-electron chi connectivity index (χ0n) is 11.0. The maximum absolute atomic E-state index is 10.4. The fraction of sp³-hybridized carbons (Fsp3) is 0.500. The van der Waals surface area contributed by atoms with E-state index in [0.717, 1.165) is 10.9 Å². The maximum Gasteiger partial charge on any atom is 0.306 e. The molecule has 0 unspecified atom stereocenters. The van der Waals surface area contributed by atoms with Crippen molar-refractivity contribution in [2.24, 2.45) is 0 Å². The van der Waals surface area contributed by atoms with Crippen LogP contribution in [0.3, 0.4) is 0 Å². The molecule has 0 spiro atoms. The molecule has 1 rings (SSSR count). The minimum absolute atomic E-state index is 0.00858. The van der Waals surface area contributed by atoms with Crippen LogP contribution in [0, 0.1) is 0 Å². The highest BCUT2D eigenvalue weighted by Crippen LogP contribution is 2.33. The molecular formula is C14H19BrO3. The van der Waals surface area contributed by atoms with Gasteiger partial charge in [-0.3, -0.25) is 4.79 Å². The molecule has 0 radical (unpaired) electrons. The lowest BCUT2D eigenvalue weighted by atomic mass is 9.82. The summed E-state index contributed by atoms with van der Waals surface area (Å²) in [5.74, 6) is -0.165. The molecule has 0 aliphatic carbocycles. The average Bonchev–Trinajstić information content (AvgIpc) is 2.30. The Labute approximate surface area is 116 Å². The Balaban J connectivity index is 2.77. The van der Waals surface area contributed by atoms with Gasteiger partial charge < -0.3 is 9.84 Å². The van der Waals surface area contributed by atoms with Gasteiger partial charge in [0.1, 0.15) is 5.75 Å². The van der Waals surface area contributed by atoms with Crippen LogP contribution in [0.2, 0.25) is 0 Å². The molecule has 1 aromatic carbocycles. The molecule has 0 fully saturated rings. The van der Waals surface area contributed by atoms with Crippen molar-refractivity contribution >= 4 is 21.9 Å². The van der Waals surface area contributed by atoms with Crippen LogP contribution in [0.5, 0.6) is 5.75 Å². The standard InChI is InChI=1S/C14H19BrO3/c1-4-14(2,3)10-5-6-12(11(15)9-10)18-8-7-13(16)17/h5-6,9H,4,7-8H2,1-3H3,(H,16,17). The molecule has 4 heteroatoms. The number of ether oxygens (including phenoxy) is 1. The van der Waals surface area contributed by atoms with Crippen LogP contribution in [-0.4, -0.2) is 17.7 Å². The summed E-state index contributed by atoms with van der Waals surface area (Å²) in [4.78, 5) is 10.4. The summed E-state index contributed by atoms with van der Waals surface area (Å²) in [6, 6.07) is 5.96. The first-order chi connectivity index (χ1) is 8.36. The fourth-order valence-corrected chi connectivity index (χ4v) is 1.98. The van der Waals surface area contributed by atoms with Crippen molar-refractivity contribution in [1.82, 2.24) is 0 Å². The number of carbonyl (C=O) groups is 1. The SMILES string of the molecule is CCC(C)(C)c1ccc(OCCC(=O)O)c(Br)c1. The van der Waals surface area contributed by atoms with E-state index in [2.05, 4.69) is 36.7 Å². The van der Waals surface area contributed by atoms with E-state index in [1.165, 1.54) is 5.56 Å². The third-order valence-electron chi connectivity index (χ3n) is 3.17. The number of rotatable bonds is 6. The number of benzene rings is 1. The second-order valence-corrected chi connectivity index (χ2v) is 5.73. The molecule has 3 nitrogen and oxygen atoms in total. The zero-order valence-corrected chi connectivity index (χ0v) is 12.6. The Morgan fingerprint density at radius 3 is 2.61 bits per heavy atom. The molecule has 18 heavy (non-hydrogen) atoms. The van der Waals surface area contributed by atoms with Gasteiger partial charge in [0.05, 0.1) is 17.5 Å². The highest BCUT2D eigenvalue weighted by Gasteiger charge is 2.19. The van der Waals surface area contributed by atoms with Gasteiger partial charge in [0.25, 0.3) is 0 Å². The van der Waals surface area contributed by atoms with Crippen molar-refractivity contribution < 1.29 is 14.6 Å². The summed E-state index contributed by atoms with van der Waals surface area (Å²) in [6.07, 6.45) is 1.06. The van der Waals surface area contributed by atoms with Crippen molar-refractivity contribution in [3.63, 3.8) is 0 Å². The van der Waals surface area contributed by atoms with Gasteiger partial charge in [-0.05, 0) is 45.5 Å². The number of aliphatic carboxylic acids is 1. The fourth-order valence-electron chi connectivity index (χ4n) is 1.49. The third kappa shape index (κ3) is 4.02. The lowest BCUT2D eigenvalue weighted by Gasteiger charge is -2.24. The second kappa shape index (κ2) is 6.23. The first-order valence-electron chi connectivity index (χ1n) is 6.01. The molecule has 0 heterocycles. The van der Waals surface area contributed by atoms with Crippen LogP contribution >= 0.6 is 15.9 Å². The summed E-state index contributed by atoms with van der Waals surface area (Å²) in [5.41, 5.74) is 1.37. The number of carboxylic acid groups (broad SMARTS) is 1. The van der Waals surface area contributed by atoms with E-state index < -0.39 is 5.97 Å². The summed E-state index contributed by atoms with van der Waals surface area (Å²) < 4.78 is 6.29. The molecule has 0 saturated heterocycles. The Morgan fingerprint density at radius 1 is 1.44 bits per heavy atom. The van der Waals surface area contributed by atoms with Crippen LogP contribution in [0.15, 0.2) is 22.7 Å². The summed E-state index contributed by atoms with van der Waals surface area (Å²) in [7, 11) is 0. The van der Waals surface area contributed by atoms with E-state index in [1.807, 2.05) is 18.2 Å². The molecule has 0 aliphatic rings. The van der Waals surface area contributed by atoms with Crippen molar-refractivity contribution in [2.45, 2.75) is 39.0 Å². The largest absolute Gasteiger partial charge is 0.492 e. The summed E-state index contributed by atoms with van der Waals surface area (Å²) in [6.45, 7) is 6.73. The Hall–Kier alpha value is -1.03. The maximum atomic E-state index is 10.4. The highest BCUT2D eigenvalue weighted by molar-refractivity contribution is 9.10. The van der Waals surface area contributed by atoms with E-state index in [4.69, 9.17) is 9.84 Å². The lowest BCUT2D eigenvalue weighted by molar-refractivity contribution is -0.137. The predicted molar refractivity (Wildman–Crippen MR) is 75.2 cm³/mol. The topological polar surface area (TPSA) is 46.5 Å². The van der Waals surface area contributed by atoms with Crippen molar-refractivity contribution in [3.05, 3.63) is 28.2 Å². The quantitative estimate of drug-likeness (QED) is 0.863. The molecule has 0 bridgehead atoms. The lowest BCUT2D eigenvalue weighted by Crippen LogP contribution is -2.15. The molecule has 1 N–H and O–H groups in total. The van der Waals surface area contributed by atoms with Gasteiger partial charge in [0, 0.05) is 0 Å². The van der Waals surface area contributed by atoms with Crippen molar-refractivity contribution in [1.29, 1.82) is 0 Å². The van der Waals surface area contributed by atoms with Gasteiger partial charge in [-0.25, -0.2) is 0 Å². The molecule has 100 valence electrons. The van der Waals surface area contributed by atoms with E-state index in [1.54, 1.807) is 0 Å². The van der Waals surface area contributed by atoms with Gasteiger partial charge in [-0.2, -0.15) is 0 Å². The van der Waals surface area contributed by atoms with Crippen LogP contribution < -0.4 is 4.74 Å². The Bertz CT molecular complexity index is 427. The van der Waals surface area contributed by atoms with Crippen molar-refractivity contribution in [3.8, 4) is 5.75 Å². The van der Waals surface area contributed by atoms with Gasteiger partial charge in [-0.1, -0.05) is 26.8 Å². The molecule has 0 saturated carbocycles. The van der Waals surface area contributed by atoms with E-state index >= 15 is 0 Å². The molecule has 0 aromatic heterocycles. The minimum atomic E-state index is -0.852. The smallest absolute Gasteiger partial charge is 0.306 e. The third-order valence-corrected chi connectivity index (χ3v) is 3.79. The molecule has 0 atom stereocenters. The van der Waals surface area contributed by atoms with Crippen LogP contribution in [0.25, 0.3) is 0 Å². The number of carboxylic acids is 1.